The van der Waals surface area contributed by atoms with Crippen LogP contribution in [0.3, 0.4) is 0 Å². The van der Waals surface area contributed by atoms with Crippen LogP contribution >= 0.6 is 17.0 Å². The molecule has 136 valence electrons. The van der Waals surface area contributed by atoms with Crippen LogP contribution in [0.15, 0.2) is 53.8 Å². The first-order chi connectivity index (χ1) is 11.5. The van der Waals surface area contributed by atoms with Crippen molar-refractivity contribution in [1.82, 2.24) is 4.98 Å². The van der Waals surface area contributed by atoms with E-state index in [9.17, 15) is 0 Å². The molecule has 0 fully saturated rings. The molecule has 3 N–H and O–H groups in total. The molecule has 0 aliphatic carbocycles. The fourth-order valence-corrected chi connectivity index (χ4v) is 2.66. The van der Waals surface area contributed by atoms with Gasteiger partial charge in [-0.3, -0.25) is 9.98 Å². The molecule has 4 nitrogen and oxygen atoms in total. The van der Waals surface area contributed by atoms with E-state index in [0.29, 0.717) is 30.3 Å². The zero-order valence-corrected chi connectivity index (χ0v) is 17.2. The van der Waals surface area contributed by atoms with Gasteiger partial charge in [0.05, 0.1) is 0 Å². The van der Waals surface area contributed by atoms with Gasteiger partial charge in [-0.05, 0) is 41.2 Å². The number of rotatable bonds is 6. The van der Waals surface area contributed by atoms with E-state index in [2.05, 4.69) is 61.2 Å². The second-order valence-corrected chi connectivity index (χ2v) is 6.77. The highest BCUT2D eigenvalue weighted by Gasteiger charge is 2.15. The maximum absolute atomic E-state index is 6.08. The van der Waals surface area contributed by atoms with Crippen LogP contribution in [0.2, 0.25) is 0 Å². The van der Waals surface area contributed by atoms with Crippen LogP contribution in [-0.2, 0) is 0 Å². The summed E-state index contributed by atoms with van der Waals surface area (Å²) in [5.41, 5.74) is 9.54. The van der Waals surface area contributed by atoms with Crippen LogP contribution < -0.4 is 11.1 Å². The first kappa shape index (κ1) is 21.2. The van der Waals surface area contributed by atoms with E-state index < -0.39 is 0 Å². The Bertz CT molecular complexity index is 668. The minimum Gasteiger partial charge on any atom is -0.370 e. The molecule has 1 heterocycles. The highest BCUT2D eigenvalue weighted by molar-refractivity contribution is 8.93. The minimum absolute atomic E-state index is 0. The summed E-state index contributed by atoms with van der Waals surface area (Å²) in [5, 5.41) is 3.20. The normalized spacial score (nSPS) is 12.8. The Morgan fingerprint density at radius 3 is 2.44 bits per heavy atom. The van der Waals surface area contributed by atoms with Crippen LogP contribution in [0, 0.1) is 5.92 Å². The van der Waals surface area contributed by atoms with Gasteiger partial charge in [-0.25, -0.2) is 0 Å². The number of aliphatic imine (C=N–C) groups is 1. The number of aromatic nitrogens is 1. The van der Waals surface area contributed by atoms with Crippen LogP contribution in [0.5, 0.6) is 0 Å². The lowest BCUT2D eigenvalue weighted by atomic mass is 9.89. The van der Waals surface area contributed by atoms with Crippen molar-refractivity contribution in [3.05, 3.63) is 59.9 Å². The molecule has 0 bridgehead atoms. The van der Waals surface area contributed by atoms with E-state index in [1.807, 2.05) is 24.4 Å². The topological polar surface area (TPSA) is 63.3 Å². The number of guanidine groups is 1. The lowest BCUT2D eigenvalue weighted by Gasteiger charge is -2.19. The summed E-state index contributed by atoms with van der Waals surface area (Å²) in [7, 11) is 0. The largest absolute Gasteiger partial charge is 0.370 e. The first-order valence-electron chi connectivity index (χ1n) is 8.54. The summed E-state index contributed by atoms with van der Waals surface area (Å²) < 4.78 is 0. The maximum Gasteiger partial charge on any atom is 0.193 e. The van der Waals surface area contributed by atoms with Gasteiger partial charge in [0, 0.05) is 30.5 Å². The lowest BCUT2D eigenvalue weighted by Crippen LogP contribution is -2.24. The third-order valence-corrected chi connectivity index (χ3v) is 4.20. The molecule has 0 radical (unpaired) electrons. The Morgan fingerprint density at radius 2 is 1.84 bits per heavy atom. The van der Waals surface area contributed by atoms with Gasteiger partial charge in [-0.1, -0.05) is 45.9 Å². The Hall–Kier alpha value is -1.88. The highest BCUT2D eigenvalue weighted by atomic mass is 79.9. The summed E-state index contributed by atoms with van der Waals surface area (Å²) in [6.45, 7) is 9.40. The zero-order chi connectivity index (χ0) is 17.5. The summed E-state index contributed by atoms with van der Waals surface area (Å²) >= 11 is 0. The van der Waals surface area contributed by atoms with E-state index >= 15 is 0 Å². The van der Waals surface area contributed by atoms with Crippen molar-refractivity contribution in [2.24, 2.45) is 16.6 Å². The molecule has 1 atom stereocenters. The summed E-state index contributed by atoms with van der Waals surface area (Å²) in [4.78, 5) is 8.76. The molecule has 1 unspecified atom stereocenters. The lowest BCUT2D eigenvalue weighted by molar-refractivity contribution is 0.506. The minimum atomic E-state index is 0. The molecule has 1 aromatic carbocycles. The van der Waals surface area contributed by atoms with Gasteiger partial charge < -0.3 is 11.1 Å². The molecular weight excluding hydrogens is 376 g/mol. The molecule has 0 saturated carbocycles. The third kappa shape index (κ3) is 6.50. The monoisotopic (exact) mass is 404 g/mol. The number of anilines is 1. The molecule has 0 amide bonds. The van der Waals surface area contributed by atoms with E-state index in [-0.39, 0.29) is 17.0 Å². The predicted octanol–water partition coefficient (Wildman–Crippen LogP) is 4.95. The number of halogens is 1. The van der Waals surface area contributed by atoms with Crippen LogP contribution in [0.4, 0.5) is 5.69 Å². The maximum atomic E-state index is 6.08. The van der Waals surface area contributed by atoms with Crippen molar-refractivity contribution in [2.45, 2.75) is 39.5 Å². The average molecular weight is 405 g/mol. The quantitative estimate of drug-likeness (QED) is 0.528. The van der Waals surface area contributed by atoms with Crippen molar-refractivity contribution in [3.63, 3.8) is 0 Å². The number of pyridine rings is 1. The molecule has 0 saturated heterocycles. The number of hydrogen-bond acceptors (Lipinski definition) is 2. The Balaban J connectivity index is 0.00000312. The van der Waals surface area contributed by atoms with Crippen LogP contribution in [-0.4, -0.2) is 17.5 Å². The van der Waals surface area contributed by atoms with E-state index in [1.165, 1.54) is 11.1 Å². The Kier molecular flexibility index (Phi) is 8.62. The van der Waals surface area contributed by atoms with Gasteiger partial charge in [0.15, 0.2) is 5.96 Å². The smallest absolute Gasteiger partial charge is 0.193 e. The predicted molar refractivity (Wildman–Crippen MR) is 113 cm³/mol. The second-order valence-electron chi connectivity index (χ2n) is 6.77. The van der Waals surface area contributed by atoms with Crippen molar-refractivity contribution < 1.29 is 0 Å². The molecule has 2 rings (SSSR count). The van der Waals surface area contributed by atoms with Gasteiger partial charge >= 0.3 is 0 Å². The van der Waals surface area contributed by atoms with Gasteiger partial charge in [0.1, 0.15) is 0 Å². The molecule has 0 aliphatic heterocycles. The molecule has 0 aliphatic rings. The van der Waals surface area contributed by atoms with Crippen molar-refractivity contribution in [1.29, 1.82) is 0 Å². The summed E-state index contributed by atoms with van der Waals surface area (Å²) in [5.74, 6) is 1.71. The highest BCUT2D eigenvalue weighted by Crippen LogP contribution is 2.24. The molecule has 2 aromatic rings. The van der Waals surface area contributed by atoms with Crippen molar-refractivity contribution in [2.75, 3.05) is 11.9 Å². The van der Waals surface area contributed by atoms with Gasteiger partial charge in [-0.15, -0.1) is 17.0 Å². The van der Waals surface area contributed by atoms with E-state index in [1.54, 1.807) is 6.20 Å². The van der Waals surface area contributed by atoms with Crippen molar-refractivity contribution >= 4 is 28.6 Å². The molecule has 1 aromatic heterocycles. The van der Waals surface area contributed by atoms with Crippen LogP contribution in [0.1, 0.15) is 50.7 Å². The number of nitrogens with zero attached hydrogens (tertiary/aromatic N) is 2. The molecule has 0 spiro atoms. The van der Waals surface area contributed by atoms with Gasteiger partial charge in [0.25, 0.3) is 0 Å². The standard InChI is InChI=1S/C20H28N4.BrH/c1-14(2)16-7-5-9-18(11-16)24-20(21)23-13-19(15(3)4)17-8-6-10-22-12-17;/h5-12,14-15,19H,13H2,1-4H3,(H3,21,23,24);1H. The van der Waals surface area contributed by atoms with Gasteiger partial charge in [-0.2, -0.15) is 0 Å². The number of nitrogens with two attached hydrogens (primary N) is 1. The van der Waals surface area contributed by atoms with Crippen molar-refractivity contribution in [3.8, 4) is 0 Å². The average Bonchev–Trinajstić information content (AvgIpc) is 2.56. The van der Waals surface area contributed by atoms with Gasteiger partial charge in [0.2, 0.25) is 0 Å². The molecular formula is C20H29BrN4. The Labute approximate surface area is 161 Å². The Morgan fingerprint density at radius 1 is 1.12 bits per heavy atom. The molecule has 25 heavy (non-hydrogen) atoms. The number of nitrogens with one attached hydrogen (secondary N) is 1. The van der Waals surface area contributed by atoms with Crippen LogP contribution in [0.25, 0.3) is 0 Å². The number of hydrogen-bond donors (Lipinski definition) is 2. The second kappa shape index (κ2) is 10.2. The van der Waals surface area contributed by atoms with E-state index in [4.69, 9.17) is 5.73 Å². The zero-order valence-electron chi connectivity index (χ0n) is 15.4. The fraction of sp³-hybridized carbons (Fsp3) is 0.400. The summed E-state index contributed by atoms with van der Waals surface area (Å²) in [6, 6.07) is 12.4. The summed E-state index contributed by atoms with van der Waals surface area (Å²) in [6.07, 6.45) is 3.71. The van der Waals surface area contributed by atoms with E-state index in [0.717, 1.165) is 5.69 Å². The third-order valence-electron chi connectivity index (χ3n) is 4.20. The number of benzene rings is 1. The fourth-order valence-electron chi connectivity index (χ4n) is 2.66. The first-order valence-corrected chi connectivity index (χ1v) is 8.54. The molecule has 5 heteroatoms. The SMILES string of the molecule is Br.CC(C)c1cccc(NC(N)=NCC(c2cccnc2)C(C)C)c1.